The van der Waals surface area contributed by atoms with Gasteiger partial charge in [0.25, 0.3) is 0 Å². The van der Waals surface area contributed by atoms with E-state index in [-0.39, 0.29) is 24.0 Å². The van der Waals surface area contributed by atoms with Crippen LogP contribution in [0.15, 0.2) is 58.1 Å². The summed E-state index contributed by atoms with van der Waals surface area (Å²) in [5.74, 6) is 1.78. The number of furan rings is 1. The van der Waals surface area contributed by atoms with Gasteiger partial charge < -0.3 is 15.1 Å². The van der Waals surface area contributed by atoms with E-state index in [1.165, 1.54) is 10.4 Å². The number of aryl methyl sites for hydroxylation is 2. The van der Waals surface area contributed by atoms with E-state index in [1.54, 1.807) is 17.6 Å². The van der Waals surface area contributed by atoms with Crippen LogP contribution in [-0.4, -0.2) is 24.0 Å². The third-order valence-electron chi connectivity index (χ3n) is 4.24. The molecule has 0 aliphatic carbocycles. The molecule has 0 radical (unpaired) electrons. The van der Waals surface area contributed by atoms with E-state index in [4.69, 9.17) is 9.41 Å². The summed E-state index contributed by atoms with van der Waals surface area (Å²) >= 11 is 1.71. The smallest absolute Gasteiger partial charge is 0.191 e. The van der Waals surface area contributed by atoms with Crippen molar-refractivity contribution in [2.24, 2.45) is 4.99 Å². The standard InChI is InChI=1S/C21H26N4OS.HI/c1-16-17(2)27-20(25-16)15-24-21(23-13-11-19-9-6-14-26-19)22-12-10-18-7-4-3-5-8-18;/h3-9,14H,10-13,15H2,1-2H3,(H2,22,23,24);1H. The van der Waals surface area contributed by atoms with Crippen LogP contribution in [0.4, 0.5) is 0 Å². The second-order valence-electron chi connectivity index (χ2n) is 6.33. The molecule has 1 aromatic carbocycles. The highest BCUT2D eigenvalue weighted by molar-refractivity contribution is 14.0. The van der Waals surface area contributed by atoms with Crippen LogP contribution in [0.25, 0.3) is 0 Å². The molecule has 0 bridgehead atoms. The summed E-state index contributed by atoms with van der Waals surface area (Å²) in [6, 6.07) is 14.4. The number of nitrogens with one attached hydrogen (secondary N) is 2. The van der Waals surface area contributed by atoms with Crippen LogP contribution in [0.1, 0.15) is 26.9 Å². The van der Waals surface area contributed by atoms with Gasteiger partial charge in [0.15, 0.2) is 5.96 Å². The molecule has 2 heterocycles. The van der Waals surface area contributed by atoms with Gasteiger partial charge in [0.2, 0.25) is 0 Å². The number of rotatable bonds is 8. The van der Waals surface area contributed by atoms with Gasteiger partial charge in [-0.25, -0.2) is 9.98 Å². The SMILES string of the molecule is Cc1nc(CN=C(NCCc2ccccc2)NCCc2ccco2)sc1C.I. The number of guanidine groups is 1. The maximum atomic E-state index is 5.39. The number of aromatic nitrogens is 1. The zero-order valence-corrected chi connectivity index (χ0v) is 19.4. The fourth-order valence-electron chi connectivity index (χ4n) is 2.66. The van der Waals surface area contributed by atoms with Crippen molar-refractivity contribution < 1.29 is 4.42 Å². The van der Waals surface area contributed by atoms with E-state index in [1.807, 2.05) is 25.1 Å². The molecule has 0 spiro atoms. The Morgan fingerprint density at radius 2 is 1.79 bits per heavy atom. The molecule has 5 nitrogen and oxygen atoms in total. The molecular formula is C21H27IN4OS. The Morgan fingerprint density at radius 1 is 1.04 bits per heavy atom. The van der Waals surface area contributed by atoms with Gasteiger partial charge in [-0.15, -0.1) is 35.3 Å². The predicted octanol–water partition coefficient (Wildman–Crippen LogP) is 4.49. The predicted molar refractivity (Wildman–Crippen MR) is 127 cm³/mol. The van der Waals surface area contributed by atoms with Crippen molar-refractivity contribution in [2.45, 2.75) is 33.2 Å². The minimum absolute atomic E-state index is 0. The minimum atomic E-state index is 0. The lowest BCUT2D eigenvalue weighted by Crippen LogP contribution is -2.39. The van der Waals surface area contributed by atoms with Crippen LogP contribution in [0.5, 0.6) is 0 Å². The third-order valence-corrected chi connectivity index (χ3v) is 5.30. The second-order valence-corrected chi connectivity index (χ2v) is 7.62. The zero-order valence-electron chi connectivity index (χ0n) is 16.3. The van der Waals surface area contributed by atoms with Crippen LogP contribution in [0.3, 0.4) is 0 Å². The maximum Gasteiger partial charge on any atom is 0.191 e. The lowest BCUT2D eigenvalue weighted by Gasteiger charge is -2.12. The lowest BCUT2D eigenvalue weighted by molar-refractivity contribution is 0.506. The first-order valence-corrected chi connectivity index (χ1v) is 10.0. The number of nitrogens with zero attached hydrogens (tertiary/aromatic N) is 2. The first-order chi connectivity index (χ1) is 13.2. The molecule has 0 aliphatic rings. The van der Waals surface area contributed by atoms with Crippen LogP contribution in [-0.2, 0) is 19.4 Å². The van der Waals surface area contributed by atoms with Crippen molar-refractivity contribution in [3.63, 3.8) is 0 Å². The normalized spacial score (nSPS) is 11.1. The van der Waals surface area contributed by atoms with Gasteiger partial charge in [0.1, 0.15) is 10.8 Å². The summed E-state index contributed by atoms with van der Waals surface area (Å²) in [5.41, 5.74) is 2.40. The van der Waals surface area contributed by atoms with Gasteiger partial charge in [-0.1, -0.05) is 30.3 Å². The van der Waals surface area contributed by atoms with Crippen LogP contribution in [0, 0.1) is 13.8 Å². The Labute approximate surface area is 187 Å². The van der Waals surface area contributed by atoms with E-state index < -0.39 is 0 Å². The number of benzene rings is 1. The largest absolute Gasteiger partial charge is 0.469 e. The summed E-state index contributed by atoms with van der Waals surface area (Å²) in [7, 11) is 0. The molecule has 7 heteroatoms. The van der Waals surface area contributed by atoms with Crippen molar-refractivity contribution >= 4 is 41.3 Å². The summed E-state index contributed by atoms with van der Waals surface area (Å²) in [4.78, 5) is 10.5. The highest BCUT2D eigenvalue weighted by Crippen LogP contribution is 2.16. The van der Waals surface area contributed by atoms with E-state index in [9.17, 15) is 0 Å². The fourth-order valence-corrected chi connectivity index (χ4v) is 3.52. The Kier molecular flexibility index (Phi) is 9.49. The van der Waals surface area contributed by atoms with Crippen molar-refractivity contribution in [3.8, 4) is 0 Å². The number of halogens is 1. The highest BCUT2D eigenvalue weighted by Gasteiger charge is 2.05. The van der Waals surface area contributed by atoms with Crippen LogP contribution in [0.2, 0.25) is 0 Å². The van der Waals surface area contributed by atoms with Crippen molar-refractivity contribution in [2.75, 3.05) is 13.1 Å². The monoisotopic (exact) mass is 510 g/mol. The molecule has 150 valence electrons. The second kappa shape index (κ2) is 11.9. The summed E-state index contributed by atoms with van der Waals surface area (Å²) in [5, 5.41) is 7.86. The molecule has 0 fully saturated rings. The quantitative estimate of drug-likeness (QED) is 0.266. The van der Waals surface area contributed by atoms with Gasteiger partial charge in [0, 0.05) is 24.4 Å². The van der Waals surface area contributed by atoms with E-state index in [2.05, 4.69) is 46.8 Å². The molecule has 0 aliphatic heterocycles. The molecule has 0 saturated heterocycles. The van der Waals surface area contributed by atoms with E-state index in [0.29, 0.717) is 6.54 Å². The molecule has 2 aromatic heterocycles. The third kappa shape index (κ3) is 7.27. The summed E-state index contributed by atoms with van der Waals surface area (Å²) in [6.07, 6.45) is 3.48. The lowest BCUT2D eigenvalue weighted by atomic mass is 10.1. The summed E-state index contributed by atoms with van der Waals surface area (Å²) < 4.78 is 5.39. The minimum Gasteiger partial charge on any atom is -0.469 e. The van der Waals surface area contributed by atoms with E-state index >= 15 is 0 Å². The molecule has 3 aromatic rings. The fraction of sp³-hybridized carbons (Fsp3) is 0.333. The zero-order chi connectivity index (χ0) is 18.9. The first kappa shape index (κ1) is 22.4. The number of aliphatic imine (C=N–C) groups is 1. The van der Waals surface area contributed by atoms with E-state index in [0.717, 1.165) is 48.4 Å². The Hall–Kier alpha value is -1.87. The van der Waals surface area contributed by atoms with Crippen molar-refractivity contribution in [1.82, 2.24) is 15.6 Å². The number of hydrogen-bond donors (Lipinski definition) is 2. The van der Waals surface area contributed by atoms with Gasteiger partial charge in [-0.3, -0.25) is 0 Å². The van der Waals surface area contributed by atoms with Gasteiger partial charge in [-0.05, 0) is 38.0 Å². The van der Waals surface area contributed by atoms with Gasteiger partial charge in [0.05, 0.1) is 18.5 Å². The molecule has 0 unspecified atom stereocenters. The number of thiazole rings is 1. The highest BCUT2D eigenvalue weighted by atomic mass is 127. The Balaban J connectivity index is 0.00000280. The Bertz CT molecular complexity index is 827. The molecule has 0 saturated carbocycles. The molecule has 0 amide bonds. The van der Waals surface area contributed by atoms with Crippen LogP contribution < -0.4 is 10.6 Å². The Morgan fingerprint density at radius 3 is 2.43 bits per heavy atom. The van der Waals surface area contributed by atoms with Gasteiger partial charge >= 0.3 is 0 Å². The average molecular weight is 510 g/mol. The molecular weight excluding hydrogens is 483 g/mol. The van der Waals surface area contributed by atoms with Crippen molar-refractivity contribution in [1.29, 1.82) is 0 Å². The topological polar surface area (TPSA) is 62.5 Å². The summed E-state index contributed by atoms with van der Waals surface area (Å²) in [6.45, 7) is 6.31. The average Bonchev–Trinajstić information content (AvgIpc) is 3.30. The van der Waals surface area contributed by atoms with Crippen LogP contribution >= 0.6 is 35.3 Å². The van der Waals surface area contributed by atoms with Crippen molar-refractivity contribution in [3.05, 3.63) is 75.6 Å². The molecule has 2 N–H and O–H groups in total. The first-order valence-electron chi connectivity index (χ1n) is 9.22. The maximum absolute atomic E-state index is 5.39. The van der Waals surface area contributed by atoms with Gasteiger partial charge in [-0.2, -0.15) is 0 Å². The molecule has 0 atom stereocenters. The molecule has 3 rings (SSSR count). The molecule has 28 heavy (non-hydrogen) atoms. The number of hydrogen-bond acceptors (Lipinski definition) is 4.